The lowest BCUT2D eigenvalue weighted by atomic mass is 10.3. The maximum absolute atomic E-state index is 13.5. The lowest BCUT2D eigenvalue weighted by Crippen LogP contribution is -2.33. The number of aromatic nitrogens is 4. The molecular formula is C17H16F3N7O. The quantitative estimate of drug-likeness (QED) is 0.443. The first-order valence-corrected chi connectivity index (χ1v) is 8.20. The first-order valence-electron chi connectivity index (χ1n) is 8.20. The molecule has 2 heterocycles. The van der Waals surface area contributed by atoms with Crippen molar-refractivity contribution < 1.29 is 18.0 Å². The minimum absolute atomic E-state index is 0.167. The molecule has 0 radical (unpaired) electrons. The zero-order chi connectivity index (χ0) is 20.1. The second-order valence-electron chi connectivity index (χ2n) is 5.64. The number of imidazole rings is 1. The Morgan fingerprint density at radius 3 is 2.68 bits per heavy atom. The van der Waals surface area contributed by atoms with E-state index in [0.717, 1.165) is 18.0 Å². The number of anilines is 2. The predicted octanol–water partition coefficient (Wildman–Crippen LogP) is 2.62. The number of hydrogen-bond acceptors (Lipinski definition) is 5. The molecule has 0 saturated heterocycles. The van der Waals surface area contributed by atoms with E-state index in [4.69, 9.17) is 0 Å². The fraction of sp³-hybridized carbons (Fsp3) is 0.176. The van der Waals surface area contributed by atoms with Crippen LogP contribution in [0.5, 0.6) is 0 Å². The average molecular weight is 391 g/mol. The Hall–Kier alpha value is -3.63. The van der Waals surface area contributed by atoms with Crippen LogP contribution in [0.4, 0.5) is 29.5 Å². The van der Waals surface area contributed by atoms with Crippen molar-refractivity contribution in [3.05, 3.63) is 60.2 Å². The van der Waals surface area contributed by atoms with E-state index in [1.165, 1.54) is 6.33 Å². The molecule has 0 spiro atoms. The van der Waals surface area contributed by atoms with Gasteiger partial charge < -0.3 is 16.0 Å². The van der Waals surface area contributed by atoms with Crippen LogP contribution in [-0.4, -0.2) is 38.6 Å². The normalized spacial score (nSPS) is 10.6. The smallest absolute Gasteiger partial charge is 0.319 e. The number of nitrogens with one attached hydrogen (secondary N) is 3. The second kappa shape index (κ2) is 8.37. The molecule has 0 aliphatic carbocycles. The summed E-state index contributed by atoms with van der Waals surface area (Å²) in [6.07, 6.45) is 4.82. The van der Waals surface area contributed by atoms with Gasteiger partial charge in [-0.2, -0.15) is 0 Å². The van der Waals surface area contributed by atoms with Gasteiger partial charge in [0.25, 0.3) is 0 Å². The van der Waals surface area contributed by atoms with Gasteiger partial charge >= 0.3 is 6.03 Å². The van der Waals surface area contributed by atoms with Crippen molar-refractivity contribution in [1.29, 1.82) is 0 Å². The van der Waals surface area contributed by atoms with E-state index < -0.39 is 29.2 Å². The number of benzene rings is 1. The number of amides is 2. The molecule has 0 bridgehead atoms. The van der Waals surface area contributed by atoms with Crippen molar-refractivity contribution in [3.63, 3.8) is 0 Å². The first kappa shape index (κ1) is 19.1. The Kier molecular flexibility index (Phi) is 5.72. The Morgan fingerprint density at radius 1 is 1.11 bits per heavy atom. The number of urea groups is 1. The molecule has 2 amide bonds. The van der Waals surface area contributed by atoms with Gasteiger partial charge in [0.15, 0.2) is 17.5 Å². The van der Waals surface area contributed by atoms with Crippen LogP contribution in [0, 0.1) is 24.4 Å². The summed E-state index contributed by atoms with van der Waals surface area (Å²) < 4.78 is 41.3. The summed E-state index contributed by atoms with van der Waals surface area (Å²) in [4.78, 5) is 24.1. The number of halogens is 3. The SMILES string of the molecule is Cc1nccn1-c1cc(NCCNC(=O)Nc2ccc(F)c(F)c2F)ncn1. The molecule has 0 saturated carbocycles. The van der Waals surface area contributed by atoms with Gasteiger partial charge in [-0.3, -0.25) is 4.57 Å². The molecule has 0 fully saturated rings. The summed E-state index contributed by atoms with van der Waals surface area (Å²) in [5.74, 6) is -2.50. The first-order chi connectivity index (χ1) is 13.5. The summed E-state index contributed by atoms with van der Waals surface area (Å²) in [5.41, 5.74) is -0.458. The molecule has 3 N–H and O–H groups in total. The Morgan fingerprint density at radius 2 is 1.93 bits per heavy atom. The summed E-state index contributed by atoms with van der Waals surface area (Å²) in [5, 5.41) is 7.58. The second-order valence-corrected chi connectivity index (χ2v) is 5.64. The summed E-state index contributed by atoms with van der Waals surface area (Å²) in [7, 11) is 0. The van der Waals surface area contributed by atoms with Crippen LogP contribution in [0.1, 0.15) is 5.82 Å². The topological polar surface area (TPSA) is 96.8 Å². The molecule has 3 aromatic rings. The number of hydrogen-bond donors (Lipinski definition) is 3. The zero-order valence-corrected chi connectivity index (χ0v) is 14.7. The maximum atomic E-state index is 13.5. The third-order valence-electron chi connectivity index (χ3n) is 3.73. The van der Waals surface area contributed by atoms with E-state index in [9.17, 15) is 18.0 Å². The Balaban J connectivity index is 1.49. The summed E-state index contributed by atoms with van der Waals surface area (Å²) >= 11 is 0. The average Bonchev–Trinajstić information content (AvgIpc) is 3.12. The molecule has 0 atom stereocenters. The minimum Gasteiger partial charge on any atom is -0.368 e. The van der Waals surface area contributed by atoms with E-state index in [2.05, 4.69) is 30.9 Å². The van der Waals surface area contributed by atoms with Crippen molar-refractivity contribution in [2.24, 2.45) is 0 Å². The van der Waals surface area contributed by atoms with Crippen molar-refractivity contribution in [2.45, 2.75) is 6.92 Å². The molecule has 0 aliphatic heterocycles. The number of carbonyl (C=O) groups is 1. The van der Waals surface area contributed by atoms with E-state index in [1.807, 2.05) is 6.92 Å². The van der Waals surface area contributed by atoms with Gasteiger partial charge in [0, 0.05) is 31.5 Å². The fourth-order valence-electron chi connectivity index (χ4n) is 2.35. The highest BCUT2D eigenvalue weighted by molar-refractivity contribution is 5.89. The van der Waals surface area contributed by atoms with Crippen molar-refractivity contribution in [1.82, 2.24) is 24.8 Å². The van der Waals surface area contributed by atoms with Crippen molar-refractivity contribution in [3.8, 4) is 5.82 Å². The molecule has 146 valence electrons. The largest absolute Gasteiger partial charge is 0.368 e. The van der Waals surface area contributed by atoms with Crippen LogP contribution in [-0.2, 0) is 0 Å². The molecule has 0 unspecified atom stereocenters. The van der Waals surface area contributed by atoms with Gasteiger partial charge in [0.05, 0.1) is 5.69 Å². The summed E-state index contributed by atoms with van der Waals surface area (Å²) in [6.45, 7) is 2.32. The molecule has 8 nitrogen and oxygen atoms in total. The molecule has 11 heteroatoms. The van der Waals surface area contributed by atoms with Gasteiger partial charge in [0.2, 0.25) is 0 Å². The third-order valence-corrected chi connectivity index (χ3v) is 3.73. The van der Waals surface area contributed by atoms with Crippen molar-refractivity contribution in [2.75, 3.05) is 23.7 Å². The van der Waals surface area contributed by atoms with Crippen LogP contribution >= 0.6 is 0 Å². The highest BCUT2D eigenvalue weighted by atomic mass is 19.2. The third kappa shape index (κ3) is 4.37. The number of carbonyl (C=O) groups excluding carboxylic acids is 1. The molecule has 2 aromatic heterocycles. The Bertz CT molecular complexity index is 993. The van der Waals surface area contributed by atoms with E-state index >= 15 is 0 Å². The highest BCUT2D eigenvalue weighted by Crippen LogP contribution is 2.19. The summed E-state index contributed by atoms with van der Waals surface area (Å²) in [6, 6.07) is 2.62. The van der Waals surface area contributed by atoms with Crippen molar-refractivity contribution >= 4 is 17.5 Å². The lowest BCUT2D eigenvalue weighted by molar-refractivity contribution is 0.252. The zero-order valence-electron chi connectivity index (χ0n) is 14.7. The molecule has 3 rings (SSSR count). The van der Waals surface area contributed by atoms with Crippen LogP contribution in [0.25, 0.3) is 5.82 Å². The van der Waals surface area contributed by atoms with E-state index in [-0.39, 0.29) is 6.54 Å². The number of rotatable bonds is 6. The van der Waals surface area contributed by atoms with Crippen LogP contribution in [0.2, 0.25) is 0 Å². The monoisotopic (exact) mass is 391 g/mol. The van der Waals surface area contributed by atoms with Gasteiger partial charge in [-0.1, -0.05) is 0 Å². The maximum Gasteiger partial charge on any atom is 0.319 e. The Labute approximate surface area is 157 Å². The molecule has 28 heavy (non-hydrogen) atoms. The minimum atomic E-state index is -1.65. The van der Waals surface area contributed by atoms with Crippen LogP contribution < -0.4 is 16.0 Å². The number of nitrogens with zero attached hydrogens (tertiary/aromatic N) is 4. The highest BCUT2D eigenvalue weighted by Gasteiger charge is 2.14. The fourth-order valence-corrected chi connectivity index (χ4v) is 2.35. The van der Waals surface area contributed by atoms with Gasteiger partial charge in [0.1, 0.15) is 23.8 Å². The van der Waals surface area contributed by atoms with Gasteiger partial charge in [-0.25, -0.2) is 32.9 Å². The van der Waals surface area contributed by atoms with Crippen LogP contribution in [0.3, 0.4) is 0 Å². The standard InChI is InChI=1S/C17H16F3N7O/c1-10-21-6-7-27(10)14-8-13(24-9-25-14)22-4-5-23-17(28)26-12-3-2-11(18)15(19)16(12)20/h2-3,6-9H,4-5H2,1H3,(H,22,24,25)(H2,23,26,28). The predicted molar refractivity (Wildman–Crippen MR) is 95.7 cm³/mol. The molecular weight excluding hydrogens is 375 g/mol. The van der Waals surface area contributed by atoms with E-state index in [1.54, 1.807) is 23.0 Å². The lowest BCUT2D eigenvalue weighted by Gasteiger charge is -2.10. The van der Waals surface area contributed by atoms with Gasteiger partial charge in [-0.15, -0.1) is 0 Å². The van der Waals surface area contributed by atoms with E-state index in [0.29, 0.717) is 18.2 Å². The molecule has 1 aromatic carbocycles. The van der Waals surface area contributed by atoms with Crippen LogP contribution in [0.15, 0.2) is 36.9 Å². The number of aryl methyl sites for hydroxylation is 1. The molecule has 0 aliphatic rings. The van der Waals surface area contributed by atoms with Gasteiger partial charge in [-0.05, 0) is 19.1 Å².